The number of thiophene rings is 1. The molecule has 0 unspecified atom stereocenters. The summed E-state index contributed by atoms with van der Waals surface area (Å²) in [5, 5.41) is 0. The molecule has 0 bridgehead atoms. The quantitative estimate of drug-likeness (QED) is 0.634. The van der Waals surface area contributed by atoms with Crippen LogP contribution >= 0.6 is 11.3 Å². The lowest BCUT2D eigenvalue weighted by Gasteiger charge is -2.27. The van der Waals surface area contributed by atoms with Crippen LogP contribution in [-0.4, -0.2) is 46.1 Å². The highest BCUT2D eigenvalue weighted by Crippen LogP contribution is 2.37. The third kappa shape index (κ3) is 4.64. The predicted molar refractivity (Wildman–Crippen MR) is 119 cm³/mol. The van der Waals surface area contributed by atoms with Crippen LogP contribution < -0.4 is 9.46 Å². The first-order valence-electron chi connectivity index (χ1n) is 10.5. The van der Waals surface area contributed by atoms with Crippen LogP contribution in [-0.2, 0) is 40.7 Å². The Morgan fingerprint density at radius 2 is 2.13 bits per heavy atom. The Labute approximate surface area is 187 Å². The van der Waals surface area contributed by atoms with E-state index in [0.717, 1.165) is 42.3 Å². The lowest BCUT2D eigenvalue weighted by atomic mass is 10.0. The molecule has 2 aliphatic heterocycles. The lowest BCUT2D eigenvalue weighted by Crippen LogP contribution is -2.30. The van der Waals surface area contributed by atoms with Gasteiger partial charge in [-0.1, -0.05) is 26.0 Å². The van der Waals surface area contributed by atoms with E-state index >= 15 is 0 Å². The molecule has 9 heteroatoms. The van der Waals surface area contributed by atoms with E-state index in [9.17, 15) is 13.2 Å². The summed E-state index contributed by atoms with van der Waals surface area (Å²) in [6.07, 6.45) is 1.55. The van der Waals surface area contributed by atoms with Gasteiger partial charge in [-0.15, -0.1) is 11.3 Å². The van der Waals surface area contributed by atoms with Crippen LogP contribution in [0.5, 0.6) is 5.75 Å². The number of benzene rings is 1. The van der Waals surface area contributed by atoms with Crippen molar-refractivity contribution in [2.75, 3.05) is 26.8 Å². The van der Waals surface area contributed by atoms with Crippen molar-refractivity contribution < 1.29 is 22.7 Å². The Kier molecular flexibility index (Phi) is 6.39. The number of carbonyl (C=O) groups excluding carboxylic acids is 1. The van der Waals surface area contributed by atoms with E-state index in [1.165, 1.54) is 29.6 Å². The van der Waals surface area contributed by atoms with Crippen LogP contribution in [0.15, 0.2) is 22.4 Å². The average molecular weight is 465 g/mol. The molecule has 3 heterocycles. The first-order chi connectivity index (χ1) is 14.8. The lowest BCUT2D eigenvalue weighted by molar-refractivity contribution is 0.0595. The number of esters is 1. The van der Waals surface area contributed by atoms with Crippen molar-refractivity contribution in [3.8, 4) is 5.75 Å². The molecule has 2 aliphatic rings. The minimum absolute atomic E-state index is 0.0709. The molecule has 0 amide bonds. The molecular weight excluding hydrogens is 436 g/mol. The molecule has 0 saturated carbocycles. The van der Waals surface area contributed by atoms with E-state index in [1.807, 2.05) is 19.9 Å². The Morgan fingerprint density at radius 1 is 1.32 bits per heavy atom. The van der Waals surface area contributed by atoms with Gasteiger partial charge in [0.2, 0.25) is 0 Å². The van der Waals surface area contributed by atoms with Crippen LogP contribution in [0.2, 0.25) is 0 Å². The zero-order valence-electron chi connectivity index (χ0n) is 18.1. The summed E-state index contributed by atoms with van der Waals surface area (Å²) < 4.78 is 39.1. The van der Waals surface area contributed by atoms with Gasteiger partial charge in [0.15, 0.2) is 0 Å². The molecule has 1 N–H and O–H groups in total. The number of hydrogen-bond donors (Lipinski definition) is 1. The second-order valence-corrected chi connectivity index (χ2v) is 11.5. The second-order valence-electron chi connectivity index (χ2n) is 8.40. The van der Waals surface area contributed by atoms with Crippen molar-refractivity contribution in [1.82, 2.24) is 9.62 Å². The van der Waals surface area contributed by atoms with E-state index in [2.05, 4.69) is 21.8 Å². The van der Waals surface area contributed by atoms with Gasteiger partial charge in [0.25, 0.3) is 10.0 Å². The number of carbonyl (C=O) groups is 1. The molecule has 1 aromatic heterocycles. The molecule has 7 nitrogen and oxygen atoms in total. The fourth-order valence-corrected chi connectivity index (χ4v) is 7.19. The molecule has 0 radical (unpaired) electrons. The van der Waals surface area contributed by atoms with E-state index in [1.54, 1.807) is 0 Å². The van der Waals surface area contributed by atoms with Gasteiger partial charge in [-0.25, -0.2) is 17.9 Å². The monoisotopic (exact) mass is 464 g/mol. The highest BCUT2D eigenvalue weighted by atomic mass is 32.2. The molecule has 0 fully saturated rings. The van der Waals surface area contributed by atoms with Gasteiger partial charge < -0.3 is 9.47 Å². The molecule has 2 aromatic rings. The van der Waals surface area contributed by atoms with Crippen LogP contribution in [0.4, 0.5) is 0 Å². The van der Waals surface area contributed by atoms with Crippen molar-refractivity contribution in [3.05, 3.63) is 45.3 Å². The SMILES string of the molecule is COC(=O)c1c(S(=O)(=O)NCC(C)C)sc2c1CCN(Cc1ccc3c(c1)CCO3)C2. The first kappa shape index (κ1) is 22.3. The van der Waals surface area contributed by atoms with E-state index in [0.29, 0.717) is 19.5 Å². The van der Waals surface area contributed by atoms with Crippen molar-refractivity contribution in [2.45, 2.75) is 44.0 Å². The highest BCUT2D eigenvalue weighted by molar-refractivity contribution is 7.91. The van der Waals surface area contributed by atoms with Crippen LogP contribution in [0, 0.1) is 5.92 Å². The van der Waals surface area contributed by atoms with E-state index in [4.69, 9.17) is 9.47 Å². The van der Waals surface area contributed by atoms with Crippen LogP contribution in [0.3, 0.4) is 0 Å². The van der Waals surface area contributed by atoms with Gasteiger partial charge >= 0.3 is 5.97 Å². The maximum Gasteiger partial charge on any atom is 0.340 e. The first-order valence-corrected chi connectivity index (χ1v) is 12.8. The standard InChI is InChI=1S/C22H28N2O5S2/c1-14(2)11-23-31(26,27)22-20(21(25)28-3)17-6-8-24(13-19(17)30-22)12-15-4-5-18-16(10-15)7-9-29-18/h4-5,10,14,23H,6-9,11-13H2,1-3H3. The van der Waals surface area contributed by atoms with Gasteiger partial charge in [0.05, 0.1) is 19.3 Å². The molecule has 0 spiro atoms. The number of ether oxygens (including phenoxy) is 2. The van der Waals surface area contributed by atoms with Crippen molar-refractivity contribution in [3.63, 3.8) is 0 Å². The number of fused-ring (bicyclic) bond motifs is 2. The van der Waals surface area contributed by atoms with Crippen LogP contribution in [0.1, 0.15) is 45.8 Å². The third-order valence-electron chi connectivity index (χ3n) is 5.58. The molecule has 0 saturated heterocycles. The molecular formula is C22H28N2O5S2. The summed E-state index contributed by atoms with van der Waals surface area (Å²) >= 11 is 1.19. The van der Waals surface area contributed by atoms with Gasteiger partial charge in [-0.2, -0.15) is 0 Å². The van der Waals surface area contributed by atoms with Gasteiger partial charge in [0, 0.05) is 37.5 Å². The minimum atomic E-state index is -3.78. The van der Waals surface area contributed by atoms with Crippen molar-refractivity contribution in [2.24, 2.45) is 5.92 Å². The summed E-state index contributed by atoms with van der Waals surface area (Å²) in [7, 11) is -2.49. The summed E-state index contributed by atoms with van der Waals surface area (Å²) in [6, 6.07) is 6.30. The predicted octanol–water partition coefficient (Wildman–Crippen LogP) is 2.96. The largest absolute Gasteiger partial charge is 0.493 e. The molecule has 0 atom stereocenters. The molecule has 0 aliphatic carbocycles. The fourth-order valence-electron chi connectivity index (χ4n) is 4.00. The Morgan fingerprint density at radius 3 is 2.87 bits per heavy atom. The smallest absolute Gasteiger partial charge is 0.340 e. The summed E-state index contributed by atoms with van der Waals surface area (Å²) in [5.74, 6) is 0.544. The number of nitrogens with zero attached hydrogens (tertiary/aromatic N) is 1. The summed E-state index contributed by atoms with van der Waals surface area (Å²) in [5.41, 5.74) is 3.46. The normalized spacial score (nSPS) is 16.1. The average Bonchev–Trinajstić information content (AvgIpc) is 3.36. The highest BCUT2D eigenvalue weighted by Gasteiger charge is 2.34. The number of hydrogen-bond acceptors (Lipinski definition) is 7. The summed E-state index contributed by atoms with van der Waals surface area (Å²) in [6.45, 7) is 7.06. The molecule has 31 heavy (non-hydrogen) atoms. The minimum Gasteiger partial charge on any atom is -0.493 e. The Bertz CT molecular complexity index is 1090. The third-order valence-corrected chi connectivity index (χ3v) is 8.74. The maximum absolute atomic E-state index is 12.9. The fraction of sp³-hybridized carbons (Fsp3) is 0.500. The van der Waals surface area contributed by atoms with Crippen molar-refractivity contribution >= 4 is 27.3 Å². The van der Waals surface area contributed by atoms with E-state index in [-0.39, 0.29) is 15.7 Å². The Hall–Kier alpha value is -1.94. The Balaban J connectivity index is 1.59. The topological polar surface area (TPSA) is 84.9 Å². The molecule has 4 rings (SSSR count). The number of sulfonamides is 1. The van der Waals surface area contributed by atoms with Crippen LogP contribution in [0.25, 0.3) is 0 Å². The summed E-state index contributed by atoms with van der Waals surface area (Å²) in [4.78, 5) is 15.7. The van der Waals surface area contributed by atoms with Crippen molar-refractivity contribution in [1.29, 1.82) is 0 Å². The number of nitrogens with one attached hydrogen (secondary N) is 1. The number of methoxy groups -OCH3 is 1. The zero-order valence-corrected chi connectivity index (χ0v) is 19.7. The molecule has 168 valence electrons. The van der Waals surface area contributed by atoms with Gasteiger partial charge in [-0.05, 0) is 35.1 Å². The maximum atomic E-state index is 12.9. The zero-order chi connectivity index (χ0) is 22.2. The molecule has 1 aromatic carbocycles. The van der Waals surface area contributed by atoms with Gasteiger partial charge in [0.1, 0.15) is 9.96 Å². The van der Waals surface area contributed by atoms with Gasteiger partial charge in [-0.3, -0.25) is 4.90 Å². The number of rotatable bonds is 7. The second kappa shape index (κ2) is 8.90. The van der Waals surface area contributed by atoms with E-state index < -0.39 is 16.0 Å².